The highest BCUT2D eigenvalue weighted by molar-refractivity contribution is 14.1. The fourth-order valence-corrected chi connectivity index (χ4v) is 1.71. The van der Waals surface area contributed by atoms with Crippen LogP contribution >= 0.6 is 22.6 Å². The highest BCUT2D eigenvalue weighted by atomic mass is 127. The van der Waals surface area contributed by atoms with Gasteiger partial charge < -0.3 is 4.74 Å². The Morgan fingerprint density at radius 3 is 2.22 bits per heavy atom. The summed E-state index contributed by atoms with van der Waals surface area (Å²) in [6.45, 7) is 0. The van der Waals surface area contributed by atoms with Gasteiger partial charge in [-0.1, -0.05) is 0 Å². The Morgan fingerprint density at radius 2 is 1.67 bits per heavy atom. The molecule has 0 heterocycles. The first kappa shape index (κ1) is 12.6. The van der Waals surface area contributed by atoms with Gasteiger partial charge in [0, 0.05) is 3.57 Å². The van der Waals surface area contributed by atoms with Crippen LogP contribution < -0.4 is 4.74 Å². The van der Waals surface area contributed by atoms with Crippen LogP contribution in [0.15, 0.2) is 48.5 Å². The average Bonchev–Trinajstić information content (AvgIpc) is 2.41. The number of esters is 1. The molecule has 0 N–H and O–H groups in total. The Kier molecular flexibility index (Phi) is 3.95. The molecule has 0 aliphatic rings. The summed E-state index contributed by atoms with van der Waals surface area (Å²) < 4.78 is 6.28. The van der Waals surface area contributed by atoms with Crippen molar-refractivity contribution in [3.05, 3.63) is 63.2 Å². The zero-order chi connectivity index (χ0) is 13.0. The van der Waals surface area contributed by atoms with Gasteiger partial charge in [-0.15, -0.1) is 0 Å². The van der Waals surface area contributed by atoms with E-state index < -0.39 is 5.97 Å². The van der Waals surface area contributed by atoms with E-state index in [1.54, 1.807) is 36.4 Å². The molecule has 0 amide bonds. The standard InChI is InChI=1S/C14H8INO2/c15-12-5-7-13(8-6-12)18-14(17)11-3-1-10(9-16)2-4-11/h1-8H. The van der Waals surface area contributed by atoms with E-state index in [4.69, 9.17) is 10.00 Å². The lowest BCUT2D eigenvalue weighted by Crippen LogP contribution is -2.08. The maximum atomic E-state index is 11.8. The number of carbonyl (C=O) groups is 1. The topological polar surface area (TPSA) is 50.1 Å². The van der Waals surface area contributed by atoms with Gasteiger partial charge in [0.05, 0.1) is 17.2 Å². The molecule has 0 radical (unpaired) electrons. The molecular weight excluding hydrogens is 341 g/mol. The predicted molar refractivity (Wildman–Crippen MR) is 75.3 cm³/mol. The van der Waals surface area contributed by atoms with Gasteiger partial charge in [0.15, 0.2) is 0 Å². The first-order chi connectivity index (χ1) is 8.69. The maximum absolute atomic E-state index is 11.8. The molecular formula is C14H8INO2. The first-order valence-corrected chi connectivity index (χ1v) is 6.25. The Balaban J connectivity index is 2.12. The molecule has 0 atom stereocenters. The van der Waals surface area contributed by atoms with Crippen LogP contribution in [0.1, 0.15) is 15.9 Å². The summed E-state index contributed by atoms with van der Waals surface area (Å²) in [7, 11) is 0. The van der Waals surface area contributed by atoms with Crippen LogP contribution in [-0.4, -0.2) is 5.97 Å². The second kappa shape index (κ2) is 5.65. The number of hydrogen-bond donors (Lipinski definition) is 0. The monoisotopic (exact) mass is 349 g/mol. The molecule has 0 spiro atoms. The summed E-state index contributed by atoms with van der Waals surface area (Å²) in [6, 6.07) is 15.5. The molecule has 18 heavy (non-hydrogen) atoms. The Morgan fingerprint density at radius 1 is 1.06 bits per heavy atom. The summed E-state index contributed by atoms with van der Waals surface area (Å²) in [6.07, 6.45) is 0. The normalized spacial score (nSPS) is 9.56. The lowest BCUT2D eigenvalue weighted by molar-refractivity contribution is 0.0735. The molecule has 0 aliphatic heterocycles. The van der Waals surface area contributed by atoms with E-state index in [0.29, 0.717) is 16.9 Å². The second-order valence-electron chi connectivity index (χ2n) is 3.53. The lowest BCUT2D eigenvalue weighted by atomic mass is 10.1. The molecule has 0 saturated heterocycles. The van der Waals surface area contributed by atoms with Crippen LogP contribution in [0.25, 0.3) is 0 Å². The van der Waals surface area contributed by atoms with Crippen molar-refractivity contribution >= 4 is 28.6 Å². The zero-order valence-corrected chi connectivity index (χ0v) is 11.4. The van der Waals surface area contributed by atoms with Gasteiger partial charge in [-0.05, 0) is 71.1 Å². The van der Waals surface area contributed by atoms with Crippen molar-refractivity contribution < 1.29 is 9.53 Å². The predicted octanol–water partition coefficient (Wildman–Crippen LogP) is 3.38. The number of ether oxygens (including phenoxy) is 1. The summed E-state index contributed by atoms with van der Waals surface area (Å²) in [5.74, 6) is 0.0745. The molecule has 3 nitrogen and oxygen atoms in total. The van der Waals surface area contributed by atoms with Crippen molar-refractivity contribution in [3.63, 3.8) is 0 Å². The number of carbonyl (C=O) groups excluding carboxylic acids is 1. The van der Waals surface area contributed by atoms with Crippen LogP contribution in [0.4, 0.5) is 0 Å². The number of halogens is 1. The van der Waals surface area contributed by atoms with E-state index in [0.717, 1.165) is 3.57 Å². The van der Waals surface area contributed by atoms with E-state index >= 15 is 0 Å². The quantitative estimate of drug-likeness (QED) is 0.475. The van der Waals surface area contributed by atoms with E-state index in [1.807, 2.05) is 18.2 Å². The molecule has 2 aromatic carbocycles. The van der Waals surface area contributed by atoms with Gasteiger partial charge >= 0.3 is 5.97 Å². The van der Waals surface area contributed by atoms with Gasteiger partial charge in [-0.25, -0.2) is 4.79 Å². The number of benzene rings is 2. The average molecular weight is 349 g/mol. The summed E-state index contributed by atoms with van der Waals surface area (Å²) in [5, 5.41) is 8.66. The molecule has 88 valence electrons. The molecule has 0 aromatic heterocycles. The van der Waals surface area contributed by atoms with E-state index in [1.165, 1.54) is 0 Å². The minimum atomic E-state index is -0.430. The lowest BCUT2D eigenvalue weighted by Gasteiger charge is -2.04. The SMILES string of the molecule is N#Cc1ccc(C(=O)Oc2ccc(I)cc2)cc1. The molecule has 0 fully saturated rings. The second-order valence-corrected chi connectivity index (χ2v) is 4.78. The molecule has 2 aromatic rings. The maximum Gasteiger partial charge on any atom is 0.343 e. The van der Waals surface area contributed by atoms with Crippen molar-refractivity contribution in [3.8, 4) is 11.8 Å². The number of rotatable bonds is 2. The van der Waals surface area contributed by atoms with Crippen molar-refractivity contribution in [1.82, 2.24) is 0 Å². The molecule has 0 bridgehead atoms. The fraction of sp³-hybridized carbons (Fsp3) is 0. The van der Waals surface area contributed by atoms with Gasteiger partial charge in [0.1, 0.15) is 5.75 Å². The van der Waals surface area contributed by atoms with Gasteiger partial charge in [-0.3, -0.25) is 0 Å². The number of nitriles is 1. The third-order valence-electron chi connectivity index (χ3n) is 2.27. The van der Waals surface area contributed by atoms with E-state index in [-0.39, 0.29) is 0 Å². The van der Waals surface area contributed by atoms with Gasteiger partial charge in [0.2, 0.25) is 0 Å². The molecule has 0 saturated carbocycles. The van der Waals surface area contributed by atoms with E-state index in [9.17, 15) is 4.79 Å². The largest absolute Gasteiger partial charge is 0.423 e. The zero-order valence-electron chi connectivity index (χ0n) is 9.26. The number of hydrogen-bond acceptors (Lipinski definition) is 3. The van der Waals surface area contributed by atoms with Crippen molar-refractivity contribution in [2.45, 2.75) is 0 Å². The summed E-state index contributed by atoms with van der Waals surface area (Å²) >= 11 is 2.18. The smallest absolute Gasteiger partial charge is 0.343 e. The fourth-order valence-electron chi connectivity index (χ4n) is 1.35. The summed E-state index contributed by atoms with van der Waals surface area (Å²) in [4.78, 5) is 11.8. The molecule has 4 heteroatoms. The third kappa shape index (κ3) is 3.08. The third-order valence-corrected chi connectivity index (χ3v) is 2.99. The van der Waals surface area contributed by atoms with Crippen molar-refractivity contribution in [1.29, 1.82) is 5.26 Å². The van der Waals surface area contributed by atoms with Gasteiger partial charge in [0.25, 0.3) is 0 Å². The van der Waals surface area contributed by atoms with Crippen LogP contribution in [0.5, 0.6) is 5.75 Å². The highest BCUT2D eigenvalue weighted by Gasteiger charge is 2.08. The minimum Gasteiger partial charge on any atom is -0.423 e. The first-order valence-electron chi connectivity index (χ1n) is 5.17. The molecule has 2 rings (SSSR count). The molecule has 0 unspecified atom stereocenters. The van der Waals surface area contributed by atoms with Crippen LogP contribution in [-0.2, 0) is 0 Å². The molecule has 0 aliphatic carbocycles. The Bertz CT molecular complexity index is 597. The van der Waals surface area contributed by atoms with Crippen LogP contribution in [0.2, 0.25) is 0 Å². The van der Waals surface area contributed by atoms with Crippen molar-refractivity contribution in [2.24, 2.45) is 0 Å². The Labute approximate surface area is 118 Å². The van der Waals surface area contributed by atoms with Crippen molar-refractivity contribution in [2.75, 3.05) is 0 Å². The minimum absolute atomic E-state index is 0.424. The van der Waals surface area contributed by atoms with Gasteiger partial charge in [-0.2, -0.15) is 5.26 Å². The highest BCUT2D eigenvalue weighted by Crippen LogP contribution is 2.15. The van der Waals surface area contributed by atoms with E-state index in [2.05, 4.69) is 22.6 Å². The van der Waals surface area contributed by atoms with Crippen LogP contribution in [0.3, 0.4) is 0 Å². The van der Waals surface area contributed by atoms with Crippen LogP contribution in [0, 0.1) is 14.9 Å². The summed E-state index contributed by atoms with van der Waals surface area (Å²) in [5.41, 5.74) is 0.938. The Hall–Kier alpha value is -1.87. The number of nitrogens with zero attached hydrogens (tertiary/aromatic N) is 1.